The van der Waals surface area contributed by atoms with Gasteiger partial charge in [-0.3, -0.25) is 4.79 Å². The second kappa shape index (κ2) is 7.91. The first-order chi connectivity index (χ1) is 13.2. The van der Waals surface area contributed by atoms with Crippen LogP contribution in [0.4, 0.5) is 5.69 Å². The fourth-order valence-electron chi connectivity index (χ4n) is 3.75. The van der Waals surface area contributed by atoms with Gasteiger partial charge in [-0.2, -0.15) is 0 Å². The van der Waals surface area contributed by atoms with Gasteiger partial charge < -0.3 is 19.3 Å². The third-order valence-electron chi connectivity index (χ3n) is 5.21. The summed E-state index contributed by atoms with van der Waals surface area (Å²) in [6.07, 6.45) is 1.95. The molecule has 0 aromatic heterocycles. The van der Waals surface area contributed by atoms with E-state index in [1.54, 1.807) is 0 Å². The summed E-state index contributed by atoms with van der Waals surface area (Å²) >= 11 is 0. The zero-order valence-corrected chi connectivity index (χ0v) is 15.8. The van der Waals surface area contributed by atoms with E-state index in [4.69, 9.17) is 9.47 Å². The van der Waals surface area contributed by atoms with Gasteiger partial charge in [0.15, 0.2) is 6.10 Å². The maximum absolute atomic E-state index is 12.9. The first-order valence-electron chi connectivity index (χ1n) is 9.72. The van der Waals surface area contributed by atoms with Crippen LogP contribution in [0.25, 0.3) is 0 Å². The van der Waals surface area contributed by atoms with Crippen molar-refractivity contribution in [2.75, 3.05) is 31.1 Å². The van der Waals surface area contributed by atoms with E-state index in [2.05, 4.69) is 17.0 Å². The predicted molar refractivity (Wildman–Crippen MR) is 105 cm³/mol. The topological polar surface area (TPSA) is 42.0 Å². The van der Waals surface area contributed by atoms with Crippen LogP contribution >= 0.6 is 0 Å². The molecule has 142 valence electrons. The fraction of sp³-hybridized carbons (Fsp3) is 0.409. The Morgan fingerprint density at radius 1 is 1.07 bits per heavy atom. The molecule has 0 N–H and O–H groups in total. The number of carbonyl (C=O) groups is 1. The van der Waals surface area contributed by atoms with E-state index in [1.807, 2.05) is 48.2 Å². The second-order valence-corrected chi connectivity index (χ2v) is 7.17. The Labute approximate surface area is 160 Å². The number of fused-ring (bicyclic) bond motifs is 1. The Kier molecular flexibility index (Phi) is 5.19. The number of para-hydroxylation sites is 1. The summed E-state index contributed by atoms with van der Waals surface area (Å²) in [4.78, 5) is 17.2. The van der Waals surface area contributed by atoms with Crippen molar-refractivity contribution in [2.45, 2.75) is 32.4 Å². The normalized spacial score (nSPS) is 17.7. The molecule has 1 amide bonds. The van der Waals surface area contributed by atoms with Gasteiger partial charge in [-0.15, -0.1) is 0 Å². The summed E-state index contributed by atoms with van der Waals surface area (Å²) in [5.74, 6) is 1.58. The van der Waals surface area contributed by atoms with Gasteiger partial charge in [-0.25, -0.2) is 0 Å². The highest BCUT2D eigenvalue weighted by Gasteiger charge is 2.26. The van der Waals surface area contributed by atoms with Gasteiger partial charge in [-0.05, 0) is 50.1 Å². The van der Waals surface area contributed by atoms with Gasteiger partial charge in [0.1, 0.15) is 18.1 Å². The number of hydrogen-bond donors (Lipinski definition) is 0. The molecule has 1 unspecified atom stereocenters. The summed E-state index contributed by atoms with van der Waals surface area (Å²) in [5, 5.41) is 0. The molecule has 5 nitrogen and oxygen atoms in total. The highest BCUT2D eigenvalue weighted by Crippen LogP contribution is 2.30. The molecule has 0 bridgehead atoms. The number of nitrogens with zero attached hydrogens (tertiary/aromatic N) is 2. The van der Waals surface area contributed by atoms with Crippen LogP contribution in [-0.4, -0.2) is 43.2 Å². The maximum atomic E-state index is 12.9. The molecule has 2 aromatic rings. The van der Waals surface area contributed by atoms with Crippen LogP contribution in [0.5, 0.6) is 11.5 Å². The van der Waals surface area contributed by atoms with E-state index in [-0.39, 0.29) is 5.91 Å². The molecule has 0 radical (unpaired) electrons. The average molecular weight is 366 g/mol. The number of rotatable bonds is 4. The summed E-state index contributed by atoms with van der Waals surface area (Å²) in [6.45, 7) is 5.63. The molecule has 2 aliphatic heterocycles. The molecule has 27 heavy (non-hydrogen) atoms. The van der Waals surface area contributed by atoms with Gasteiger partial charge in [-0.1, -0.05) is 18.2 Å². The second-order valence-electron chi connectivity index (χ2n) is 7.17. The maximum Gasteiger partial charge on any atom is 0.263 e. The molecule has 5 heteroatoms. The quantitative estimate of drug-likeness (QED) is 0.831. The Morgan fingerprint density at radius 2 is 1.85 bits per heavy atom. The van der Waals surface area contributed by atoms with Crippen LogP contribution < -0.4 is 14.4 Å². The number of ether oxygens (including phenoxy) is 2. The van der Waals surface area contributed by atoms with Gasteiger partial charge in [0.05, 0.1) is 6.54 Å². The zero-order valence-electron chi connectivity index (χ0n) is 15.8. The third-order valence-corrected chi connectivity index (χ3v) is 5.21. The largest absolute Gasteiger partial charge is 0.491 e. The van der Waals surface area contributed by atoms with E-state index < -0.39 is 6.10 Å². The molecular formula is C22H26N2O3. The Hall–Kier alpha value is -2.69. The summed E-state index contributed by atoms with van der Waals surface area (Å²) in [6, 6.07) is 15.8. The molecule has 1 fully saturated rings. The van der Waals surface area contributed by atoms with E-state index in [9.17, 15) is 4.79 Å². The van der Waals surface area contributed by atoms with Crippen molar-refractivity contribution in [3.63, 3.8) is 0 Å². The molecule has 2 aliphatic rings. The van der Waals surface area contributed by atoms with Crippen LogP contribution in [0.3, 0.4) is 0 Å². The zero-order chi connectivity index (χ0) is 18.6. The van der Waals surface area contributed by atoms with Crippen molar-refractivity contribution >= 4 is 11.6 Å². The number of anilines is 1. The van der Waals surface area contributed by atoms with E-state index in [0.29, 0.717) is 25.4 Å². The predicted octanol–water partition coefficient (Wildman–Crippen LogP) is 3.48. The van der Waals surface area contributed by atoms with E-state index in [1.165, 1.54) is 18.5 Å². The number of carbonyl (C=O) groups excluding carboxylic acids is 1. The van der Waals surface area contributed by atoms with Crippen LogP contribution in [0.15, 0.2) is 48.5 Å². The lowest BCUT2D eigenvalue weighted by Crippen LogP contribution is -2.41. The minimum absolute atomic E-state index is 0.0121. The standard InChI is InChI=1S/C22H26N2O3/c1-17(27-20-7-3-2-4-8-20)22(25)24-13-14-26-21-10-9-19(15-18(21)16-24)23-11-5-6-12-23/h2-4,7-10,15,17H,5-6,11-14,16H2,1H3. The summed E-state index contributed by atoms with van der Waals surface area (Å²) in [5.41, 5.74) is 2.29. The monoisotopic (exact) mass is 366 g/mol. The van der Waals surface area contributed by atoms with Crippen LogP contribution in [0, 0.1) is 0 Å². The lowest BCUT2D eigenvalue weighted by molar-refractivity contribution is -0.138. The Bertz CT molecular complexity index is 787. The SMILES string of the molecule is CC(Oc1ccccc1)C(=O)N1CCOc2ccc(N3CCCC3)cc2C1. The molecular weight excluding hydrogens is 340 g/mol. The number of hydrogen-bond acceptors (Lipinski definition) is 4. The third kappa shape index (κ3) is 4.02. The lowest BCUT2D eigenvalue weighted by atomic mass is 10.1. The molecule has 4 rings (SSSR count). The smallest absolute Gasteiger partial charge is 0.263 e. The van der Waals surface area contributed by atoms with Crippen molar-refractivity contribution in [2.24, 2.45) is 0 Å². The molecule has 1 atom stereocenters. The molecule has 0 spiro atoms. The first kappa shape index (κ1) is 17.7. The molecule has 0 aliphatic carbocycles. The van der Waals surface area contributed by atoms with Crippen molar-refractivity contribution in [1.82, 2.24) is 4.90 Å². The summed E-state index contributed by atoms with van der Waals surface area (Å²) in [7, 11) is 0. The van der Waals surface area contributed by atoms with Crippen LogP contribution in [0.1, 0.15) is 25.3 Å². The Balaban J connectivity index is 1.48. The fourth-order valence-corrected chi connectivity index (χ4v) is 3.75. The van der Waals surface area contributed by atoms with Crippen LogP contribution in [-0.2, 0) is 11.3 Å². The molecule has 0 saturated carbocycles. The Morgan fingerprint density at radius 3 is 2.63 bits per heavy atom. The summed E-state index contributed by atoms with van der Waals surface area (Å²) < 4.78 is 11.7. The van der Waals surface area contributed by atoms with Crippen molar-refractivity contribution < 1.29 is 14.3 Å². The minimum Gasteiger partial charge on any atom is -0.491 e. The van der Waals surface area contributed by atoms with Gasteiger partial charge in [0.2, 0.25) is 0 Å². The van der Waals surface area contributed by atoms with Crippen molar-refractivity contribution in [3.05, 3.63) is 54.1 Å². The van der Waals surface area contributed by atoms with Gasteiger partial charge in [0.25, 0.3) is 5.91 Å². The average Bonchev–Trinajstić information content (AvgIpc) is 3.15. The minimum atomic E-state index is -0.532. The number of benzene rings is 2. The van der Waals surface area contributed by atoms with Crippen molar-refractivity contribution in [3.8, 4) is 11.5 Å². The highest BCUT2D eigenvalue weighted by molar-refractivity contribution is 5.81. The van der Waals surface area contributed by atoms with E-state index >= 15 is 0 Å². The van der Waals surface area contributed by atoms with E-state index in [0.717, 1.165) is 24.4 Å². The van der Waals surface area contributed by atoms with Gasteiger partial charge >= 0.3 is 0 Å². The lowest BCUT2D eigenvalue weighted by Gasteiger charge is -2.25. The van der Waals surface area contributed by atoms with Gasteiger partial charge in [0, 0.05) is 30.9 Å². The first-order valence-corrected chi connectivity index (χ1v) is 9.72. The van der Waals surface area contributed by atoms with Crippen molar-refractivity contribution in [1.29, 1.82) is 0 Å². The highest BCUT2D eigenvalue weighted by atomic mass is 16.5. The molecule has 1 saturated heterocycles. The molecule has 2 aromatic carbocycles. The molecule has 2 heterocycles. The van der Waals surface area contributed by atoms with Crippen LogP contribution in [0.2, 0.25) is 0 Å². The number of amides is 1.